The Morgan fingerprint density at radius 1 is 1.42 bits per heavy atom. The van der Waals surface area contributed by atoms with Gasteiger partial charge in [-0.15, -0.1) is 0 Å². The number of nitrogens with zero attached hydrogens (tertiary/aromatic N) is 2. The van der Waals surface area contributed by atoms with Gasteiger partial charge in [-0.05, 0) is 24.5 Å². The lowest BCUT2D eigenvalue weighted by molar-refractivity contribution is -0.384. The lowest BCUT2D eigenvalue weighted by Gasteiger charge is -2.22. The Morgan fingerprint density at radius 3 is 2.89 bits per heavy atom. The Labute approximate surface area is 111 Å². The molecule has 102 valence electrons. The summed E-state index contributed by atoms with van der Waals surface area (Å²) in [6.07, 6.45) is 1.87. The highest BCUT2D eigenvalue weighted by molar-refractivity contribution is 5.95. The van der Waals surface area contributed by atoms with Crippen molar-refractivity contribution in [1.82, 2.24) is 0 Å². The molecule has 0 atom stereocenters. The zero-order valence-electron chi connectivity index (χ0n) is 10.8. The first-order valence-corrected chi connectivity index (χ1v) is 6.20. The molecule has 1 aliphatic rings. The third kappa shape index (κ3) is 2.90. The number of carbonyl (C=O) groups is 1. The van der Waals surface area contributed by atoms with Crippen LogP contribution in [0.1, 0.15) is 18.4 Å². The number of nitro benzene ring substituents is 1. The van der Waals surface area contributed by atoms with E-state index in [9.17, 15) is 14.9 Å². The summed E-state index contributed by atoms with van der Waals surface area (Å²) < 4.78 is 5.01. The van der Waals surface area contributed by atoms with Gasteiger partial charge < -0.3 is 9.64 Å². The first kappa shape index (κ1) is 13.5. The fourth-order valence-electron chi connectivity index (χ4n) is 2.28. The molecule has 1 aliphatic heterocycles. The summed E-state index contributed by atoms with van der Waals surface area (Å²) in [5.74, 6) is 0.0460. The van der Waals surface area contributed by atoms with E-state index < -0.39 is 4.92 Å². The van der Waals surface area contributed by atoms with Gasteiger partial charge in [-0.2, -0.15) is 0 Å². The highest BCUT2D eigenvalue weighted by Gasteiger charge is 2.23. The Hall–Kier alpha value is -1.95. The number of amides is 1. The lowest BCUT2D eigenvalue weighted by atomic mass is 10.1. The average molecular weight is 264 g/mol. The van der Waals surface area contributed by atoms with Crippen LogP contribution in [0.15, 0.2) is 18.2 Å². The number of aryl methyl sites for hydroxylation is 1. The van der Waals surface area contributed by atoms with Crippen molar-refractivity contribution in [2.75, 3.05) is 25.2 Å². The van der Waals surface area contributed by atoms with Crippen molar-refractivity contribution < 1.29 is 14.5 Å². The maximum absolute atomic E-state index is 12.0. The Balaban J connectivity index is 2.37. The second-order valence-corrected chi connectivity index (χ2v) is 4.46. The van der Waals surface area contributed by atoms with Crippen molar-refractivity contribution >= 4 is 17.3 Å². The summed E-state index contributed by atoms with van der Waals surface area (Å²) in [6, 6.07) is 4.66. The minimum Gasteiger partial charge on any atom is -0.383 e. The molecule has 1 aromatic rings. The molecule has 0 radical (unpaired) electrons. The number of ether oxygens (including phenoxy) is 1. The molecule has 0 aromatic heterocycles. The van der Waals surface area contributed by atoms with E-state index >= 15 is 0 Å². The first-order valence-electron chi connectivity index (χ1n) is 6.20. The number of hydrogen-bond donors (Lipinski definition) is 0. The number of anilines is 1. The van der Waals surface area contributed by atoms with Crippen LogP contribution in [-0.2, 0) is 16.0 Å². The number of hydrogen-bond acceptors (Lipinski definition) is 4. The monoisotopic (exact) mass is 264 g/mol. The molecule has 1 heterocycles. The number of non-ortho nitro benzene ring substituents is 1. The minimum atomic E-state index is -0.410. The van der Waals surface area contributed by atoms with Gasteiger partial charge in [0.05, 0.1) is 11.5 Å². The highest BCUT2D eigenvalue weighted by atomic mass is 16.6. The van der Waals surface area contributed by atoms with E-state index in [2.05, 4.69) is 0 Å². The van der Waals surface area contributed by atoms with Gasteiger partial charge >= 0.3 is 0 Å². The van der Waals surface area contributed by atoms with Crippen LogP contribution in [0.5, 0.6) is 0 Å². The van der Waals surface area contributed by atoms with Gasteiger partial charge in [0.15, 0.2) is 0 Å². The lowest BCUT2D eigenvalue weighted by Crippen LogP contribution is -2.33. The molecular formula is C13H16N2O4. The van der Waals surface area contributed by atoms with Gasteiger partial charge in [0.2, 0.25) is 5.91 Å². The third-order valence-corrected chi connectivity index (χ3v) is 3.22. The molecule has 0 bridgehead atoms. The molecule has 1 amide bonds. The zero-order valence-corrected chi connectivity index (χ0v) is 10.8. The minimum absolute atomic E-state index is 0.0460. The Kier molecular flexibility index (Phi) is 4.11. The quantitative estimate of drug-likeness (QED) is 0.615. The van der Waals surface area contributed by atoms with Gasteiger partial charge in [0.1, 0.15) is 0 Å². The molecule has 6 heteroatoms. The van der Waals surface area contributed by atoms with Gasteiger partial charge in [0.25, 0.3) is 5.69 Å². The van der Waals surface area contributed by atoms with Crippen LogP contribution in [-0.4, -0.2) is 31.1 Å². The number of rotatable bonds is 4. The number of nitro groups is 1. The second kappa shape index (κ2) is 5.79. The maximum Gasteiger partial charge on any atom is 0.269 e. The van der Waals surface area contributed by atoms with E-state index in [0.29, 0.717) is 26.0 Å². The standard InChI is InChI=1S/C13H16N2O4/c1-19-8-7-14-12-6-5-11(15(17)18)9-10(12)3-2-4-13(14)16/h5-6,9H,2-4,7-8H2,1H3. The Bertz CT molecular complexity index is 501. The molecule has 0 unspecified atom stereocenters. The summed E-state index contributed by atoms with van der Waals surface area (Å²) in [6.45, 7) is 0.919. The number of fused-ring (bicyclic) bond motifs is 1. The van der Waals surface area contributed by atoms with Crippen molar-refractivity contribution in [3.05, 3.63) is 33.9 Å². The molecule has 19 heavy (non-hydrogen) atoms. The van der Waals surface area contributed by atoms with Gasteiger partial charge in [-0.1, -0.05) is 0 Å². The van der Waals surface area contributed by atoms with Crippen LogP contribution in [0.2, 0.25) is 0 Å². The molecule has 0 fully saturated rings. The molecule has 6 nitrogen and oxygen atoms in total. The SMILES string of the molecule is COCCN1C(=O)CCCc2cc([N+](=O)[O-])ccc21. The number of benzene rings is 1. The third-order valence-electron chi connectivity index (χ3n) is 3.22. The van der Waals surface area contributed by atoms with Crippen LogP contribution in [0, 0.1) is 10.1 Å². The summed E-state index contributed by atoms with van der Waals surface area (Å²) in [5.41, 5.74) is 1.70. The van der Waals surface area contributed by atoms with E-state index in [-0.39, 0.29) is 11.6 Å². The van der Waals surface area contributed by atoms with E-state index in [1.165, 1.54) is 6.07 Å². The van der Waals surface area contributed by atoms with Crippen LogP contribution in [0.3, 0.4) is 0 Å². The molecule has 0 N–H and O–H groups in total. The smallest absolute Gasteiger partial charge is 0.269 e. The predicted octanol–water partition coefficient (Wildman–Crippen LogP) is 1.91. The molecular weight excluding hydrogens is 248 g/mol. The van der Waals surface area contributed by atoms with Crippen molar-refractivity contribution in [2.24, 2.45) is 0 Å². The molecule has 0 aliphatic carbocycles. The van der Waals surface area contributed by atoms with E-state index in [4.69, 9.17) is 4.74 Å². The van der Waals surface area contributed by atoms with Crippen LogP contribution < -0.4 is 4.90 Å². The summed E-state index contributed by atoms with van der Waals surface area (Å²) in [5, 5.41) is 10.8. The van der Waals surface area contributed by atoms with Gasteiger partial charge in [0, 0.05) is 37.9 Å². The summed E-state index contributed by atoms with van der Waals surface area (Å²) in [4.78, 5) is 24.1. The molecule has 0 saturated heterocycles. The summed E-state index contributed by atoms with van der Waals surface area (Å²) >= 11 is 0. The maximum atomic E-state index is 12.0. The normalized spacial score (nSPS) is 15.0. The zero-order chi connectivity index (χ0) is 13.8. The van der Waals surface area contributed by atoms with Crippen LogP contribution in [0.4, 0.5) is 11.4 Å². The van der Waals surface area contributed by atoms with Crippen molar-refractivity contribution in [1.29, 1.82) is 0 Å². The average Bonchev–Trinajstić information content (AvgIpc) is 2.54. The molecule has 2 rings (SSSR count). The number of methoxy groups -OCH3 is 1. The van der Waals surface area contributed by atoms with Crippen LogP contribution in [0.25, 0.3) is 0 Å². The van der Waals surface area contributed by atoms with Crippen molar-refractivity contribution in [3.63, 3.8) is 0 Å². The highest BCUT2D eigenvalue weighted by Crippen LogP contribution is 2.30. The van der Waals surface area contributed by atoms with Gasteiger partial charge in [-0.25, -0.2) is 0 Å². The summed E-state index contributed by atoms with van der Waals surface area (Å²) in [7, 11) is 1.58. The topological polar surface area (TPSA) is 72.7 Å². The second-order valence-electron chi connectivity index (χ2n) is 4.46. The largest absolute Gasteiger partial charge is 0.383 e. The van der Waals surface area contributed by atoms with E-state index in [1.807, 2.05) is 0 Å². The fourth-order valence-corrected chi connectivity index (χ4v) is 2.28. The molecule has 1 aromatic carbocycles. The van der Waals surface area contributed by atoms with E-state index in [1.54, 1.807) is 24.1 Å². The number of carbonyl (C=O) groups excluding carboxylic acids is 1. The molecule has 0 saturated carbocycles. The van der Waals surface area contributed by atoms with E-state index in [0.717, 1.165) is 17.7 Å². The fraction of sp³-hybridized carbons (Fsp3) is 0.462. The van der Waals surface area contributed by atoms with Crippen molar-refractivity contribution in [2.45, 2.75) is 19.3 Å². The van der Waals surface area contributed by atoms with Crippen LogP contribution >= 0.6 is 0 Å². The molecule has 0 spiro atoms. The predicted molar refractivity (Wildman–Crippen MR) is 70.3 cm³/mol. The van der Waals surface area contributed by atoms with Crippen molar-refractivity contribution in [3.8, 4) is 0 Å². The Morgan fingerprint density at radius 2 is 2.21 bits per heavy atom. The van der Waals surface area contributed by atoms with Gasteiger partial charge in [-0.3, -0.25) is 14.9 Å². The first-order chi connectivity index (χ1) is 9.13.